The fraction of sp³-hybridized carbons (Fsp3) is 0.240. The summed E-state index contributed by atoms with van der Waals surface area (Å²) in [6.07, 6.45) is 0. The first-order chi connectivity index (χ1) is 28.3. The van der Waals surface area contributed by atoms with Gasteiger partial charge in [0.15, 0.2) is 23.3 Å². The summed E-state index contributed by atoms with van der Waals surface area (Å²) < 4.78 is 78.4. The Morgan fingerprint density at radius 1 is 0.492 bits per heavy atom. The van der Waals surface area contributed by atoms with Crippen molar-refractivity contribution in [3.8, 4) is 34.1 Å². The second kappa shape index (κ2) is 15.3. The minimum atomic E-state index is -4.29. The van der Waals surface area contributed by atoms with Crippen molar-refractivity contribution >= 4 is 31.1 Å². The van der Waals surface area contributed by atoms with Crippen LogP contribution in [0, 0.1) is 35.1 Å². The molecule has 9 heteroatoms. The first kappa shape index (κ1) is 40.3. The number of benzene rings is 6. The highest BCUT2D eigenvalue weighted by molar-refractivity contribution is 6.76. The van der Waals surface area contributed by atoms with Gasteiger partial charge in [0, 0.05) is 53.3 Å². The van der Waals surface area contributed by atoms with Gasteiger partial charge in [-0.2, -0.15) is 0 Å². The maximum atomic E-state index is 15.7. The predicted octanol–water partition coefficient (Wildman–Crippen LogP) is 12.0. The highest BCUT2D eigenvalue weighted by Gasteiger charge is 2.50. The Morgan fingerprint density at radius 3 is 1.39 bits per heavy atom. The lowest BCUT2D eigenvalue weighted by Gasteiger charge is -2.30. The van der Waals surface area contributed by atoms with Gasteiger partial charge in [-0.05, 0) is 114 Å². The van der Waals surface area contributed by atoms with Crippen molar-refractivity contribution in [3.63, 3.8) is 0 Å². The second-order valence-corrected chi connectivity index (χ2v) is 18.3. The van der Waals surface area contributed by atoms with Gasteiger partial charge in [-0.25, -0.2) is 17.6 Å². The van der Waals surface area contributed by atoms with Crippen LogP contribution < -0.4 is 10.1 Å². The van der Waals surface area contributed by atoms with Gasteiger partial charge in [-0.1, -0.05) is 100 Å². The van der Waals surface area contributed by atoms with Crippen molar-refractivity contribution in [2.24, 2.45) is 0 Å². The monoisotopic (exact) mass is 811 g/mol. The van der Waals surface area contributed by atoms with Gasteiger partial charge >= 0.3 is 8.80 Å². The van der Waals surface area contributed by atoms with E-state index in [2.05, 4.69) is 129 Å². The highest BCUT2D eigenvalue weighted by Crippen LogP contribution is 2.53. The Labute approximate surface area is 344 Å². The maximum absolute atomic E-state index is 15.7. The average Bonchev–Trinajstić information content (AvgIpc) is 3.60. The third-order valence-electron chi connectivity index (χ3n) is 11.7. The smallest absolute Gasteiger partial charge is 0.370 e. The molecule has 59 heavy (non-hydrogen) atoms. The zero-order valence-electron chi connectivity index (χ0n) is 34.2. The van der Waals surface area contributed by atoms with Crippen molar-refractivity contribution in [1.82, 2.24) is 0 Å². The van der Waals surface area contributed by atoms with Crippen LogP contribution in [0.5, 0.6) is 0 Å². The summed E-state index contributed by atoms with van der Waals surface area (Å²) in [4.78, 5) is 2.21. The van der Waals surface area contributed by atoms with Gasteiger partial charge in [-0.15, -0.1) is 0 Å². The van der Waals surface area contributed by atoms with Gasteiger partial charge in [-0.3, -0.25) is 0 Å². The summed E-state index contributed by atoms with van der Waals surface area (Å²) in [6.45, 7) is 13.8. The van der Waals surface area contributed by atoms with Crippen LogP contribution in [0.2, 0.25) is 0 Å². The molecule has 0 unspecified atom stereocenters. The fourth-order valence-electron chi connectivity index (χ4n) is 8.89. The van der Waals surface area contributed by atoms with Gasteiger partial charge in [0.25, 0.3) is 0 Å². The molecule has 0 aromatic heterocycles. The van der Waals surface area contributed by atoms with Crippen molar-refractivity contribution in [2.45, 2.75) is 59.3 Å². The van der Waals surface area contributed by atoms with E-state index in [0.29, 0.717) is 5.56 Å². The topological polar surface area (TPSA) is 30.9 Å². The second-order valence-electron chi connectivity index (χ2n) is 15.8. The lowest BCUT2D eigenvalue weighted by molar-refractivity contribution is 0.0848. The SMILES string of the molecule is CCO[Si](OCC)(OCC)c1c(F)c(F)c(F)c(F)c1C#Cc1ccc(N(c2ccc3c(c2)C(C)(C)c2ccccc2-3)c2ccc3c(c2)C(C)(C)c2ccccc2-3)cc1. The predicted molar refractivity (Wildman–Crippen MR) is 229 cm³/mol. The number of hydrogen-bond acceptors (Lipinski definition) is 4. The molecule has 6 aromatic rings. The molecule has 2 aliphatic carbocycles. The molecule has 0 N–H and O–H groups in total. The Morgan fingerprint density at radius 2 is 0.915 bits per heavy atom. The van der Waals surface area contributed by atoms with Gasteiger partial charge < -0.3 is 18.2 Å². The molecule has 0 amide bonds. The molecule has 0 atom stereocenters. The van der Waals surface area contributed by atoms with Crippen LogP contribution in [0.3, 0.4) is 0 Å². The quantitative estimate of drug-likeness (QED) is 0.0453. The van der Waals surface area contributed by atoms with Crippen LogP contribution in [0.15, 0.2) is 109 Å². The van der Waals surface area contributed by atoms with Crippen LogP contribution >= 0.6 is 0 Å². The molecule has 0 saturated heterocycles. The number of anilines is 3. The summed E-state index contributed by atoms with van der Waals surface area (Å²) >= 11 is 0. The molecule has 0 saturated carbocycles. The standard InChI is InChI=1S/C50H45F4NO3Si/c1-8-56-59(57-9-2,58-10-3)48-39(44(51)45(52)46(53)47(48)54)26-21-31-19-22-32(23-20-31)55(33-24-27-37-35-15-11-13-17-40(35)49(4,5)42(37)29-33)34-25-28-38-36-16-12-14-18-41(36)50(6,7)43(38)30-34/h11-20,22-25,27-30H,8-10H2,1-7H3. The third-order valence-corrected chi connectivity index (χ3v) is 14.8. The van der Waals surface area contributed by atoms with E-state index in [1.165, 1.54) is 44.5 Å². The summed E-state index contributed by atoms with van der Waals surface area (Å²) in [6, 6.07) is 37.6. The van der Waals surface area contributed by atoms with Crippen LogP contribution in [0.25, 0.3) is 22.3 Å². The van der Waals surface area contributed by atoms with E-state index in [9.17, 15) is 8.78 Å². The number of halogens is 4. The first-order valence-corrected chi connectivity index (χ1v) is 21.7. The molecule has 8 rings (SSSR count). The zero-order chi connectivity index (χ0) is 41.9. The zero-order valence-corrected chi connectivity index (χ0v) is 35.2. The minimum absolute atomic E-state index is 0.0135. The maximum Gasteiger partial charge on any atom is 0.541 e. The summed E-state index contributed by atoms with van der Waals surface area (Å²) in [5.41, 5.74) is 11.9. The number of fused-ring (bicyclic) bond motifs is 6. The van der Waals surface area contributed by atoms with Crippen molar-refractivity contribution < 1.29 is 30.8 Å². The molecule has 0 fully saturated rings. The molecule has 0 spiro atoms. The Balaban J connectivity index is 1.25. The minimum Gasteiger partial charge on any atom is -0.370 e. The molecule has 6 aromatic carbocycles. The van der Waals surface area contributed by atoms with Crippen LogP contribution in [0.1, 0.15) is 81.8 Å². The molecule has 0 bridgehead atoms. The lowest BCUT2D eigenvalue weighted by atomic mass is 9.82. The number of rotatable bonds is 10. The molecule has 0 heterocycles. The van der Waals surface area contributed by atoms with Crippen LogP contribution in [-0.2, 0) is 24.1 Å². The van der Waals surface area contributed by atoms with Crippen molar-refractivity contribution in [1.29, 1.82) is 0 Å². The van der Waals surface area contributed by atoms with E-state index in [0.717, 1.165) is 17.1 Å². The molecule has 0 radical (unpaired) electrons. The van der Waals surface area contributed by atoms with E-state index >= 15 is 8.78 Å². The number of hydrogen-bond donors (Lipinski definition) is 0. The summed E-state index contributed by atoms with van der Waals surface area (Å²) in [5, 5.41) is -0.668. The largest absolute Gasteiger partial charge is 0.541 e. The Bertz CT molecular complexity index is 2560. The lowest BCUT2D eigenvalue weighted by Crippen LogP contribution is -2.59. The van der Waals surface area contributed by atoms with E-state index in [1.807, 2.05) is 12.1 Å². The summed E-state index contributed by atoms with van der Waals surface area (Å²) in [5.74, 6) is -1.80. The third kappa shape index (κ3) is 6.50. The Hall–Kier alpha value is -5.50. The average molecular weight is 812 g/mol. The van der Waals surface area contributed by atoms with Gasteiger partial charge in [0.05, 0.1) is 10.8 Å². The van der Waals surface area contributed by atoms with E-state index in [1.54, 1.807) is 32.9 Å². The van der Waals surface area contributed by atoms with Crippen molar-refractivity contribution in [3.05, 3.63) is 166 Å². The van der Waals surface area contributed by atoms with E-state index in [4.69, 9.17) is 13.3 Å². The van der Waals surface area contributed by atoms with Crippen LogP contribution in [-0.4, -0.2) is 28.6 Å². The number of nitrogens with zero attached hydrogens (tertiary/aromatic N) is 1. The molecular formula is C50H45F4NO3Si. The fourth-order valence-corrected chi connectivity index (χ4v) is 11.6. The van der Waals surface area contributed by atoms with E-state index in [-0.39, 0.29) is 30.7 Å². The molecule has 2 aliphatic rings. The Kier molecular flexibility index (Phi) is 10.4. The summed E-state index contributed by atoms with van der Waals surface area (Å²) in [7, 11) is -4.29. The van der Waals surface area contributed by atoms with Gasteiger partial charge in [0.1, 0.15) is 0 Å². The first-order valence-electron chi connectivity index (χ1n) is 20.0. The van der Waals surface area contributed by atoms with Gasteiger partial charge in [0.2, 0.25) is 0 Å². The van der Waals surface area contributed by atoms with E-state index < -0.39 is 42.8 Å². The van der Waals surface area contributed by atoms with Crippen LogP contribution in [0.4, 0.5) is 34.6 Å². The highest BCUT2D eigenvalue weighted by atomic mass is 28.4. The molecule has 4 nitrogen and oxygen atoms in total. The normalized spacial score (nSPS) is 14.2. The molecular weight excluding hydrogens is 767 g/mol. The molecule has 300 valence electrons. The molecule has 0 aliphatic heterocycles. The van der Waals surface area contributed by atoms with Crippen molar-refractivity contribution in [2.75, 3.05) is 24.7 Å².